The van der Waals surface area contributed by atoms with Gasteiger partial charge in [0.2, 0.25) is 11.7 Å². The molecule has 1 saturated heterocycles. The first kappa shape index (κ1) is 35.0. The molecule has 0 aromatic carbocycles. The van der Waals surface area contributed by atoms with E-state index in [2.05, 4.69) is 20.7 Å². The number of primary amides is 1. The molecule has 1 aliphatic heterocycles. The predicted octanol–water partition coefficient (Wildman–Crippen LogP) is -1.11. The monoisotopic (exact) mass is 661 g/mol. The molecule has 45 heavy (non-hydrogen) atoms. The summed E-state index contributed by atoms with van der Waals surface area (Å²) in [7, 11) is -4.38. The number of amides is 1. The van der Waals surface area contributed by atoms with E-state index >= 15 is 0 Å². The quantitative estimate of drug-likeness (QED) is 0.116. The predicted molar refractivity (Wildman–Crippen MR) is 146 cm³/mol. The van der Waals surface area contributed by atoms with Crippen molar-refractivity contribution in [3.05, 3.63) is 10.4 Å². The lowest BCUT2D eigenvalue weighted by molar-refractivity contribution is -0.166. The number of rotatable bonds is 15. The number of hydrogen-bond donors (Lipinski definition) is 3. The summed E-state index contributed by atoms with van der Waals surface area (Å²) in [5, 5.41) is 24.0. The van der Waals surface area contributed by atoms with Crippen LogP contribution in [0.4, 0.5) is 5.82 Å². The molecule has 2 aromatic rings. The third-order valence-electron chi connectivity index (χ3n) is 5.91. The van der Waals surface area contributed by atoms with Gasteiger partial charge in [-0.1, -0.05) is 5.21 Å². The summed E-state index contributed by atoms with van der Waals surface area (Å²) in [5.41, 5.74) is 3.42. The lowest BCUT2D eigenvalue weighted by atomic mass is 10.1. The number of aromatic nitrogens is 5. The molecule has 0 saturated carbocycles. The first-order valence-corrected chi connectivity index (χ1v) is 14.9. The van der Waals surface area contributed by atoms with Crippen molar-refractivity contribution in [3.63, 3.8) is 0 Å². The van der Waals surface area contributed by atoms with E-state index in [4.69, 9.17) is 33.7 Å². The lowest BCUT2D eigenvalue weighted by Gasteiger charge is -2.24. The highest BCUT2D eigenvalue weighted by atomic mass is 31.2. The molecular weight excluding hydrogens is 629 g/mol. The number of nitrogens with one attached hydrogen (secondary N) is 1. The zero-order chi connectivity index (χ0) is 33.6. The first-order chi connectivity index (χ1) is 21.1. The highest BCUT2D eigenvalue weighted by molar-refractivity contribution is 7.55. The minimum absolute atomic E-state index is 0.179. The summed E-state index contributed by atoms with van der Waals surface area (Å²) in [4.78, 5) is 73.2. The van der Waals surface area contributed by atoms with Gasteiger partial charge in [0.15, 0.2) is 35.3 Å². The molecule has 1 fully saturated rings. The second-order valence-electron chi connectivity index (χ2n) is 9.29. The number of hydrogen-bond acceptors (Lipinski definition) is 17. The Morgan fingerprint density at radius 2 is 1.64 bits per heavy atom. The second kappa shape index (κ2) is 14.5. The van der Waals surface area contributed by atoms with Gasteiger partial charge in [-0.15, -0.1) is 5.10 Å². The van der Waals surface area contributed by atoms with Gasteiger partial charge in [-0.05, 0) is 13.8 Å². The minimum atomic E-state index is -4.38. The number of esters is 3. The number of nitrogens with zero attached hydrogens (tertiary/aromatic N) is 5. The molecule has 1 amide bonds. The van der Waals surface area contributed by atoms with E-state index in [1.165, 1.54) is 13.8 Å². The topological polar surface area (TPSA) is 282 Å². The van der Waals surface area contributed by atoms with Crippen LogP contribution in [-0.4, -0.2) is 104 Å². The van der Waals surface area contributed by atoms with Gasteiger partial charge in [0.05, 0.1) is 13.2 Å². The molecule has 0 bridgehead atoms. The van der Waals surface area contributed by atoms with Crippen LogP contribution in [0.1, 0.15) is 40.8 Å². The van der Waals surface area contributed by atoms with Gasteiger partial charge in [0.1, 0.15) is 19.3 Å². The van der Waals surface area contributed by atoms with Gasteiger partial charge in [-0.2, -0.15) is 9.78 Å². The van der Waals surface area contributed by atoms with E-state index in [0.717, 1.165) is 25.5 Å². The number of aliphatic carboxylic acids is 1. The average Bonchev–Trinajstić information content (AvgIpc) is 3.43. The zero-order valence-electron chi connectivity index (χ0n) is 24.7. The Hall–Kier alpha value is -4.46. The van der Waals surface area contributed by atoms with Crippen LogP contribution >= 0.6 is 7.60 Å². The number of anilines is 1. The highest BCUT2D eigenvalue weighted by Crippen LogP contribution is 2.53. The molecular formula is C23H32N7O14P. The van der Waals surface area contributed by atoms with E-state index in [1.807, 2.05) is 0 Å². The fourth-order valence-corrected chi connectivity index (χ4v) is 6.01. The summed E-state index contributed by atoms with van der Waals surface area (Å²) in [5.74, 6) is -7.52. The van der Waals surface area contributed by atoms with Crippen LogP contribution in [-0.2, 0) is 63.1 Å². The first-order valence-electron chi connectivity index (χ1n) is 13.3. The molecule has 248 valence electrons. The van der Waals surface area contributed by atoms with Crippen LogP contribution < -0.4 is 16.6 Å². The Bertz CT molecular complexity index is 1560. The van der Waals surface area contributed by atoms with Crippen molar-refractivity contribution in [1.29, 1.82) is 0 Å². The van der Waals surface area contributed by atoms with Crippen molar-refractivity contribution in [2.75, 3.05) is 25.1 Å². The molecule has 21 nitrogen and oxygen atoms in total. The molecule has 4 N–H and O–H groups in total. The van der Waals surface area contributed by atoms with Crippen LogP contribution in [0.25, 0.3) is 11.0 Å². The van der Waals surface area contributed by atoms with Gasteiger partial charge in [-0.3, -0.25) is 28.5 Å². The Kier molecular flexibility index (Phi) is 11.3. The summed E-state index contributed by atoms with van der Waals surface area (Å²) in [6, 6.07) is 0. The number of carboxylic acid groups (broad SMARTS) is 1. The molecule has 0 aliphatic carbocycles. The minimum Gasteiger partial charge on any atom is -0.479 e. The van der Waals surface area contributed by atoms with Gasteiger partial charge >= 0.3 is 31.5 Å². The molecule has 0 radical (unpaired) electrons. The molecule has 2 aromatic heterocycles. The van der Waals surface area contributed by atoms with E-state index in [-0.39, 0.29) is 13.2 Å². The lowest BCUT2D eigenvalue weighted by Crippen LogP contribution is -2.42. The van der Waals surface area contributed by atoms with Crippen molar-refractivity contribution < 1.29 is 61.6 Å². The van der Waals surface area contributed by atoms with Crippen LogP contribution in [0.2, 0.25) is 0 Å². The van der Waals surface area contributed by atoms with Crippen LogP contribution in [0, 0.1) is 0 Å². The molecule has 5 unspecified atom stereocenters. The molecule has 1 aliphatic rings. The number of ether oxygens (including phenoxy) is 4. The summed E-state index contributed by atoms with van der Waals surface area (Å²) < 4.78 is 46.4. The standard InChI is InChI=1S/C23H32N7O14P/c1-6-40-45(38,41-7-2)20(23(36)37)25-19-15-16(29(27-19)8-14(24)34)21(35)30(28-26-15)22-18(43-12(5)33)17(42-11(4)32)13(44-22)9-39-10(3)31/h13,17-18,20,22H,6-9H2,1-5H3,(H2,24,34)(H,25,27)(H,36,37). The number of nitrogens with two attached hydrogens (primary N) is 1. The summed E-state index contributed by atoms with van der Waals surface area (Å²) in [6.07, 6.45) is -5.76. The Labute approximate surface area is 253 Å². The SMILES string of the molecule is CCOP(=O)(OCC)C(Nc1nn(CC(N)=O)c2c(=O)n(C3OC(COC(C)=O)C(OC(C)=O)C3OC(C)=O)nnc12)C(=O)O. The van der Waals surface area contributed by atoms with E-state index in [0.29, 0.717) is 4.68 Å². The van der Waals surface area contributed by atoms with E-state index in [9.17, 15) is 38.4 Å². The second-order valence-corrected chi connectivity index (χ2v) is 11.4. The van der Waals surface area contributed by atoms with Crippen molar-refractivity contribution in [2.24, 2.45) is 5.73 Å². The third-order valence-corrected chi connectivity index (χ3v) is 8.13. The zero-order valence-corrected chi connectivity index (χ0v) is 25.6. The third kappa shape index (κ3) is 7.98. The van der Waals surface area contributed by atoms with E-state index in [1.54, 1.807) is 0 Å². The fraction of sp³-hybridized carbons (Fsp3) is 0.609. The van der Waals surface area contributed by atoms with Crippen LogP contribution in [0.3, 0.4) is 0 Å². The van der Waals surface area contributed by atoms with Crippen LogP contribution in [0.15, 0.2) is 4.79 Å². The van der Waals surface area contributed by atoms with Crippen molar-refractivity contribution in [3.8, 4) is 0 Å². The number of carboxylic acids is 1. The van der Waals surface area contributed by atoms with Crippen molar-refractivity contribution in [1.82, 2.24) is 24.8 Å². The number of carbonyl (C=O) groups excluding carboxylic acids is 4. The average molecular weight is 662 g/mol. The number of carbonyl (C=O) groups is 5. The highest BCUT2D eigenvalue weighted by Gasteiger charge is 2.52. The van der Waals surface area contributed by atoms with Gasteiger partial charge in [-0.25, -0.2) is 9.48 Å². The largest absolute Gasteiger partial charge is 0.479 e. The Balaban J connectivity index is 2.19. The fourth-order valence-electron chi connectivity index (χ4n) is 4.37. The molecule has 0 spiro atoms. The molecule has 3 heterocycles. The van der Waals surface area contributed by atoms with Gasteiger partial charge in [0.25, 0.3) is 5.56 Å². The van der Waals surface area contributed by atoms with E-state index < -0.39 is 103 Å². The Morgan fingerprint density at radius 1 is 1.04 bits per heavy atom. The van der Waals surface area contributed by atoms with Gasteiger partial charge < -0.3 is 44.2 Å². The smallest absolute Gasteiger partial charge is 0.364 e. The molecule has 3 rings (SSSR count). The maximum Gasteiger partial charge on any atom is 0.364 e. The van der Waals surface area contributed by atoms with Crippen LogP contribution in [0.5, 0.6) is 0 Å². The molecule has 22 heteroatoms. The maximum atomic E-state index is 13.9. The Morgan fingerprint density at radius 3 is 2.16 bits per heavy atom. The molecule has 5 atom stereocenters. The normalized spacial score (nSPS) is 20.4. The van der Waals surface area contributed by atoms with Crippen molar-refractivity contribution >= 4 is 54.2 Å². The number of fused-ring (bicyclic) bond motifs is 1. The van der Waals surface area contributed by atoms with Crippen molar-refractivity contribution in [2.45, 2.75) is 71.5 Å². The van der Waals surface area contributed by atoms with Gasteiger partial charge in [0, 0.05) is 20.8 Å². The maximum absolute atomic E-state index is 13.9. The summed E-state index contributed by atoms with van der Waals surface area (Å²) in [6.45, 7) is 4.61. The summed E-state index contributed by atoms with van der Waals surface area (Å²) >= 11 is 0.